The van der Waals surface area contributed by atoms with E-state index in [0.29, 0.717) is 0 Å². The molecule has 1 aromatic carbocycles. The Morgan fingerprint density at radius 1 is 0.933 bits per heavy atom. The van der Waals surface area contributed by atoms with E-state index in [0.717, 1.165) is 5.82 Å². The van der Waals surface area contributed by atoms with Crippen LogP contribution in [0.3, 0.4) is 0 Å². The predicted molar refractivity (Wildman–Crippen MR) is 58.4 cm³/mol. The van der Waals surface area contributed by atoms with E-state index in [1.54, 1.807) is 0 Å². The molecule has 0 radical (unpaired) electrons. The fraction of sp³-hybridized carbons (Fsp3) is 0.250. The number of nitrogens with zero attached hydrogens (tertiary/aromatic N) is 3. The molecule has 0 fully saturated rings. The van der Waals surface area contributed by atoms with Gasteiger partial charge in [0.05, 0.1) is 0 Å². The van der Waals surface area contributed by atoms with Gasteiger partial charge in [-0.15, -0.1) is 0 Å². The van der Waals surface area contributed by atoms with Gasteiger partial charge in [-0.2, -0.15) is 0 Å². The average Bonchev–Trinajstić information content (AvgIpc) is 2.31. The van der Waals surface area contributed by atoms with E-state index in [1.165, 1.54) is 18.2 Å². The minimum Gasteiger partial charge on any atom is -0.225 e. The molecular formula is C12H13N3. The van der Waals surface area contributed by atoms with E-state index in [-0.39, 0.29) is 5.41 Å². The first-order valence-electron chi connectivity index (χ1n) is 4.89. The predicted octanol–water partition coefficient (Wildman–Crippen LogP) is 2.20. The van der Waals surface area contributed by atoms with Crippen molar-refractivity contribution >= 4 is 0 Å². The molecule has 1 heterocycles. The van der Waals surface area contributed by atoms with Crippen molar-refractivity contribution in [3.8, 4) is 0 Å². The molecule has 0 bridgehead atoms. The first kappa shape index (κ1) is 9.77. The Morgan fingerprint density at radius 3 is 2.13 bits per heavy atom. The lowest BCUT2D eigenvalue weighted by molar-refractivity contribution is 0.585. The number of hydrogen-bond donors (Lipinski definition) is 0. The minimum atomic E-state index is -0.176. The molecule has 0 spiro atoms. The van der Waals surface area contributed by atoms with Gasteiger partial charge in [-0.05, 0) is 19.4 Å². The molecule has 0 aliphatic heterocycles. The topological polar surface area (TPSA) is 38.7 Å². The molecule has 15 heavy (non-hydrogen) atoms. The van der Waals surface area contributed by atoms with Crippen molar-refractivity contribution in [2.75, 3.05) is 0 Å². The molecule has 3 nitrogen and oxygen atoms in total. The summed E-state index contributed by atoms with van der Waals surface area (Å²) in [6, 6.07) is 10.2. The van der Waals surface area contributed by atoms with Crippen molar-refractivity contribution in [2.45, 2.75) is 19.3 Å². The summed E-state index contributed by atoms with van der Waals surface area (Å²) in [6.07, 6.45) is 3.07. The van der Waals surface area contributed by atoms with Gasteiger partial charge >= 0.3 is 0 Å². The highest BCUT2D eigenvalue weighted by Gasteiger charge is 2.25. The standard InChI is InChI=1S/C12H13N3/c1-12(2,10-6-4-3-5-7-10)11-14-8-13-9-15-11/h3-9H,1-2H3. The lowest BCUT2D eigenvalue weighted by Crippen LogP contribution is -2.22. The maximum atomic E-state index is 4.20. The second-order valence-corrected chi connectivity index (χ2v) is 3.95. The summed E-state index contributed by atoms with van der Waals surface area (Å²) in [4.78, 5) is 12.2. The van der Waals surface area contributed by atoms with E-state index >= 15 is 0 Å². The second kappa shape index (κ2) is 3.77. The zero-order chi connectivity index (χ0) is 10.7. The molecular weight excluding hydrogens is 186 g/mol. The molecule has 0 N–H and O–H groups in total. The third kappa shape index (κ3) is 1.86. The van der Waals surface area contributed by atoms with Crippen LogP contribution in [0.2, 0.25) is 0 Å². The fourth-order valence-electron chi connectivity index (χ4n) is 1.55. The number of benzene rings is 1. The second-order valence-electron chi connectivity index (χ2n) is 3.95. The van der Waals surface area contributed by atoms with Crippen LogP contribution in [0, 0.1) is 0 Å². The van der Waals surface area contributed by atoms with Crippen LogP contribution in [0.5, 0.6) is 0 Å². The maximum absolute atomic E-state index is 4.20. The summed E-state index contributed by atoms with van der Waals surface area (Å²) in [6.45, 7) is 4.22. The maximum Gasteiger partial charge on any atom is 0.141 e. The SMILES string of the molecule is CC(C)(c1ccccc1)c1ncncn1. The van der Waals surface area contributed by atoms with Gasteiger partial charge < -0.3 is 0 Å². The van der Waals surface area contributed by atoms with Gasteiger partial charge in [-0.3, -0.25) is 0 Å². The van der Waals surface area contributed by atoms with E-state index in [4.69, 9.17) is 0 Å². The van der Waals surface area contributed by atoms with Gasteiger partial charge in [0, 0.05) is 5.41 Å². The van der Waals surface area contributed by atoms with Crippen LogP contribution in [-0.4, -0.2) is 15.0 Å². The van der Waals surface area contributed by atoms with Crippen LogP contribution in [0.15, 0.2) is 43.0 Å². The van der Waals surface area contributed by atoms with Crippen molar-refractivity contribution in [3.05, 3.63) is 54.4 Å². The molecule has 0 aliphatic rings. The Hall–Kier alpha value is -1.77. The summed E-state index contributed by atoms with van der Waals surface area (Å²) >= 11 is 0. The van der Waals surface area contributed by atoms with Crippen LogP contribution in [0.1, 0.15) is 25.2 Å². The van der Waals surface area contributed by atoms with E-state index < -0.39 is 0 Å². The van der Waals surface area contributed by atoms with Crippen LogP contribution in [0.25, 0.3) is 0 Å². The highest BCUT2D eigenvalue weighted by Crippen LogP contribution is 2.27. The molecule has 0 unspecified atom stereocenters. The molecule has 3 heteroatoms. The van der Waals surface area contributed by atoms with Crippen molar-refractivity contribution in [2.24, 2.45) is 0 Å². The molecule has 0 atom stereocenters. The van der Waals surface area contributed by atoms with Crippen molar-refractivity contribution in [1.82, 2.24) is 15.0 Å². The normalized spacial score (nSPS) is 11.3. The molecule has 0 saturated heterocycles. The Labute approximate surface area is 89.2 Å². The van der Waals surface area contributed by atoms with Gasteiger partial charge in [0.2, 0.25) is 0 Å². The first-order chi connectivity index (χ1) is 7.21. The zero-order valence-electron chi connectivity index (χ0n) is 8.88. The molecule has 76 valence electrons. The Morgan fingerprint density at radius 2 is 1.53 bits per heavy atom. The Balaban J connectivity index is 2.44. The molecule has 0 aliphatic carbocycles. The van der Waals surface area contributed by atoms with Crippen molar-refractivity contribution in [1.29, 1.82) is 0 Å². The van der Waals surface area contributed by atoms with Gasteiger partial charge in [0.15, 0.2) is 0 Å². The highest BCUT2D eigenvalue weighted by molar-refractivity contribution is 5.29. The largest absolute Gasteiger partial charge is 0.225 e. The van der Waals surface area contributed by atoms with Crippen LogP contribution < -0.4 is 0 Å². The molecule has 2 aromatic rings. The summed E-state index contributed by atoms with van der Waals surface area (Å²) in [5, 5.41) is 0. The van der Waals surface area contributed by atoms with Crippen LogP contribution in [-0.2, 0) is 5.41 Å². The Bertz CT molecular complexity index is 382. The first-order valence-corrected chi connectivity index (χ1v) is 4.89. The number of rotatable bonds is 2. The van der Waals surface area contributed by atoms with E-state index in [9.17, 15) is 0 Å². The third-order valence-electron chi connectivity index (χ3n) is 2.55. The smallest absolute Gasteiger partial charge is 0.141 e. The summed E-state index contributed by atoms with van der Waals surface area (Å²) in [5.74, 6) is 0.795. The van der Waals surface area contributed by atoms with Gasteiger partial charge in [-0.1, -0.05) is 30.3 Å². The fourth-order valence-corrected chi connectivity index (χ4v) is 1.55. The highest BCUT2D eigenvalue weighted by atomic mass is 15.0. The lowest BCUT2D eigenvalue weighted by atomic mass is 9.84. The quantitative estimate of drug-likeness (QED) is 0.744. The monoisotopic (exact) mass is 199 g/mol. The minimum absolute atomic E-state index is 0.176. The summed E-state index contributed by atoms with van der Waals surface area (Å²) in [7, 11) is 0. The van der Waals surface area contributed by atoms with Gasteiger partial charge in [-0.25, -0.2) is 15.0 Å². The molecule has 0 amide bonds. The van der Waals surface area contributed by atoms with Crippen molar-refractivity contribution < 1.29 is 0 Å². The third-order valence-corrected chi connectivity index (χ3v) is 2.55. The van der Waals surface area contributed by atoms with Gasteiger partial charge in [0.25, 0.3) is 0 Å². The zero-order valence-corrected chi connectivity index (χ0v) is 8.88. The van der Waals surface area contributed by atoms with Crippen molar-refractivity contribution in [3.63, 3.8) is 0 Å². The molecule has 1 aromatic heterocycles. The molecule has 0 saturated carbocycles. The van der Waals surface area contributed by atoms with E-state index in [2.05, 4.69) is 40.9 Å². The summed E-state index contributed by atoms with van der Waals surface area (Å²) in [5.41, 5.74) is 1.03. The van der Waals surface area contributed by atoms with E-state index in [1.807, 2.05) is 18.2 Å². The van der Waals surface area contributed by atoms with Crippen LogP contribution >= 0.6 is 0 Å². The lowest BCUT2D eigenvalue weighted by Gasteiger charge is -2.22. The number of aromatic nitrogens is 3. The number of hydrogen-bond acceptors (Lipinski definition) is 3. The average molecular weight is 199 g/mol. The van der Waals surface area contributed by atoms with Crippen LogP contribution in [0.4, 0.5) is 0 Å². The summed E-state index contributed by atoms with van der Waals surface area (Å²) < 4.78 is 0. The Kier molecular flexibility index (Phi) is 2.46. The van der Waals surface area contributed by atoms with Gasteiger partial charge in [0.1, 0.15) is 18.5 Å². The molecule has 2 rings (SSSR count).